The fraction of sp³-hybridized carbons (Fsp3) is 0.0182. The Kier molecular flexibility index (Phi) is 7.75. The summed E-state index contributed by atoms with van der Waals surface area (Å²) < 4.78 is 7.11. The average molecular weight is 728 g/mol. The van der Waals surface area contributed by atoms with Crippen LogP contribution in [0.1, 0.15) is 22.3 Å². The van der Waals surface area contributed by atoms with Crippen LogP contribution in [0.15, 0.2) is 229 Å². The van der Waals surface area contributed by atoms with Gasteiger partial charge in [-0.25, -0.2) is 0 Å². The molecule has 0 N–H and O–H groups in total. The second-order valence-corrected chi connectivity index (χ2v) is 14.8. The molecule has 1 aromatic heterocycles. The molecule has 11 rings (SSSR count). The first-order valence-corrected chi connectivity index (χ1v) is 19.6. The third kappa shape index (κ3) is 5.18. The maximum absolute atomic E-state index is 7.11. The molecule has 268 valence electrons. The third-order valence-corrected chi connectivity index (χ3v) is 11.8. The molecule has 0 bridgehead atoms. The number of benzene rings is 9. The van der Waals surface area contributed by atoms with Gasteiger partial charge in [0.25, 0.3) is 0 Å². The van der Waals surface area contributed by atoms with E-state index in [1.807, 2.05) is 0 Å². The first kappa shape index (κ1) is 33.0. The number of hydrogen-bond acceptors (Lipinski definition) is 2. The lowest BCUT2D eigenvalue weighted by molar-refractivity contribution is 0.669. The van der Waals surface area contributed by atoms with Gasteiger partial charge in [0.15, 0.2) is 0 Å². The van der Waals surface area contributed by atoms with Gasteiger partial charge in [-0.05, 0) is 86.5 Å². The molecule has 1 aliphatic carbocycles. The van der Waals surface area contributed by atoms with Crippen LogP contribution >= 0.6 is 0 Å². The molecule has 0 amide bonds. The Morgan fingerprint density at radius 3 is 1.40 bits per heavy atom. The van der Waals surface area contributed by atoms with Crippen LogP contribution in [0.25, 0.3) is 55.3 Å². The van der Waals surface area contributed by atoms with Gasteiger partial charge in [0.05, 0.1) is 16.5 Å². The SMILES string of the molecule is c1ccc(-c2ccc(N(c3ccc(-c4ccccc4)cc3)c3cc4c(c5oc6ccccc6c35)-c3ccccc3C4(c3ccccc3)c3ccccc3)cc2)cc1. The highest BCUT2D eigenvalue weighted by atomic mass is 16.3. The van der Waals surface area contributed by atoms with Gasteiger partial charge >= 0.3 is 0 Å². The van der Waals surface area contributed by atoms with E-state index in [1.165, 1.54) is 50.1 Å². The van der Waals surface area contributed by atoms with Gasteiger partial charge in [-0.15, -0.1) is 0 Å². The van der Waals surface area contributed by atoms with Crippen molar-refractivity contribution in [2.45, 2.75) is 5.41 Å². The van der Waals surface area contributed by atoms with Crippen molar-refractivity contribution in [2.24, 2.45) is 0 Å². The summed E-state index contributed by atoms with van der Waals surface area (Å²) >= 11 is 0. The second-order valence-electron chi connectivity index (χ2n) is 14.8. The Morgan fingerprint density at radius 1 is 0.386 bits per heavy atom. The van der Waals surface area contributed by atoms with Gasteiger partial charge in [0.1, 0.15) is 11.2 Å². The monoisotopic (exact) mass is 727 g/mol. The van der Waals surface area contributed by atoms with Crippen LogP contribution in [0.5, 0.6) is 0 Å². The summed E-state index contributed by atoms with van der Waals surface area (Å²) in [7, 11) is 0. The number of rotatable bonds is 7. The largest absolute Gasteiger partial charge is 0.455 e. The van der Waals surface area contributed by atoms with Crippen LogP contribution in [0.2, 0.25) is 0 Å². The summed E-state index contributed by atoms with van der Waals surface area (Å²) in [5, 5.41) is 2.18. The molecule has 1 aliphatic rings. The van der Waals surface area contributed by atoms with E-state index >= 15 is 0 Å². The molecule has 0 saturated carbocycles. The van der Waals surface area contributed by atoms with Gasteiger partial charge in [0, 0.05) is 22.3 Å². The molecule has 1 heterocycles. The third-order valence-electron chi connectivity index (χ3n) is 11.8. The van der Waals surface area contributed by atoms with Crippen molar-refractivity contribution < 1.29 is 4.42 Å². The van der Waals surface area contributed by atoms with Crippen molar-refractivity contribution in [1.82, 2.24) is 0 Å². The molecule has 0 radical (unpaired) electrons. The standard InChI is InChI=1S/C55H37NO/c1-5-17-38(18-6-1)40-29-33-44(34-30-40)56(45-35-31-41(32-36-45)39-19-7-2-8-20-39)50-37-49-52(54-53(50)47-26-14-16-28-51(47)57-54)46-25-13-15-27-48(46)55(49,42-21-9-3-10-22-42)43-23-11-4-12-24-43/h1-37H. The summed E-state index contributed by atoms with van der Waals surface area (Å²) in [5.74, 6) is 0. The zero-order valence-electron chi connectivity index (χ0n) is 31.2. The van der Waals surface area contributed by atoms with Crippen molar-refractivity contribution in [1.29, 1.82) is 0 Å². The maximum Gasteiger partial charge on any atom is 0.145 e. The van der Waals surface area contributed by atoms with Crippen molar-refractivity contribution >= 4 is 39.0 Å². The number of hydrogen-bond donors (Lipinski definition) is 0. The Labute approximate surface area is 332 Å². The molecule has 0 spiro atoms. The van der Waals surface area contributed by atoms with Gasteiger partial charge in [-0.1, -0.05) is 188 Å². The summed E-state index contributed by atoms with van der Waals surface area (Å²) in [6.45, 7) is 0. The van der Waals surface area contributed by atoms with Crippen molar-refractivity contribution in [3.63, 3.8) is 0 Å². The van der Waals surface area contributed by atoms with Crippen molar-refractivity contribution in [3.05, 3.63) is 247 Å². The Morgan fingerprint density at radius 2 is 0.842 bits per heavy atom. The Hall–Kier alpha value is -7.42. The zero-order valence-corrected chi connectivity index (χ0v) is 31.2. The lowest BCUT2D eigenvalue weighted by atomic mass is 9.67. The summed E-state index contributed by atoms with van der Waals surface area (Å²) in [6.07, 6.45) is 0. The lowest BCUT2D eigenvalue weighted by Crippen LogP contribution is -2.28. The predicted octanol–water partition coefficient (Wildman–Crippen LogP) is 14.8. The van der Waals surface area contributed by atoms with Crippen LogP contribution in [-0.2, 0) is 5.41 Å². The van der Waals surface area contributed by atoms with E-state index in [4.69, 9.17) is 4.42 Å². The first-order chi connectivity index (χ1) is 28.3. The minimum absolute atomic E-state index is 0.601. The van der Waals surface area contributed by atoms with Crippen LogP contribution in [0.3, 0.4) is 0 Å². The zero-order chi connectivity index (χ0) is 37.8. The molecule has 0 fully saturated rings. The van der Waals surface area contributed by atoms with Crippen LogP contribution < -0.4 is 4.90 Å². The number of nitrogens with zero attached hydrogens (tertiary/aromatic N) is 1. The second kappa shape index (κ2) is 13.4. The molecule has 0 atom stereocenters. The number of anilines is 3. The molecule has 2 nitrogen and oxygen atoms in total. The molecular weight excluding hydrogens is 691 g/mol. The highest BCUT2D eigenvalue weighted by molar-refractivity contribution is 6.19. The van der Waals surface area contributed by atoms with E-state index in [-0.39, 0.29) is 0 Å². The molecule has 0 aliphatic heterocycles. The normalized spacial score (nSPS) is 12.7. The number of furan rings is 1. The lowest BCUT2D eigenvalue weighted by Gasteiger charge is -2.35. The van der Waals surface area contributed by atoms with Gasteiger partial charge in [-0.3, -0.25) is 0 Å². The molecule has 9 aromatic carbocycles. The Bertz CT molecular complexity index is 2900. The summed E-state index contributed by atoms with van der Waals surface area (Å²) in [6, 6.07) is 81.0. The molecule has 0 unspecified atom stereocenters. The smallest absolute Gasteiger partial charge is 0.145 e. The number of fused-ring (bicyclic) bond motifs is 7. The molecular formula is C55H37NO. The van der Waals surface area contributed by atoms with E-state index in [9.17, 15) is 0 Å². The Balaban J connectivity index is 1.25. The minimum Gasteiger partial charge on any atom is -0.455 e. The van der Waals surface area contributed by atoms with Crippen LogP contribution in [0, 0.1) is 0 Å². The van der Waals surface area contributed by atoms with Crippen molar-refractivity contribution in [3.8, 4) is 33.4 Å². The van der Waals surface area contributed by atoms with Crippen LogP contribution in [-0.4, -0.2) is 0 Å². The minimum atomic E-state index is -0.601. The molecule has 2 heteroatoms. The molecule has 57 heavy (non-hydrogen) atoms. The molecule has 0 saturated heterocycles. The van der Waals surface area contributed by atoms with Gasteiger partial charge in [0.2, 0.25) is 0 Å². The molecule has 10 aromatic rings. The fourth-order valence-electron chi connectivity index (χ4n) is 9.25. The maximum atomic E-state index is 7.11. The van der Waals surface area contributed by atoms with Crippen LogP contribution in [0.4, 0.5) is 17.1 Å². The van der Waals surface area contributed by atoms with E-state index in [2.05, 4.69) is 229 Å². The first-order valence-electron chi connectivity index (χ1n) is 19.6. The predicted molar refractivity (Wildman–Crippen MR) is 237 cm³/mol. The van der Waals surface area contributed by atoms with Gasteiger partial charge < -0.3 is 9.32 Å². The summed E-state index contributed by atoms with van der Waals surface area (Å²) in [4.78, 5) is 2.43. The average Bonchev–Trinajstić information content (AvgIpc) is 3.83. The summed E-state index contributed by atoms with van der Waals surface area (Å²) in [5.41, 5.74) is 16.3. The topological polar surface area (TPSA) is 16.4 Å². The van der Waals surface area contributed by atoms with Gasteiger partial charge in [-0.2, -0.15) is 0 Å². The number of para-hydroxylation sites is 1. The van der Waals surface area contributed by atoms with E-state index < -0.39 is 5.41 Å². The van der Waals surface area contributed by atoms with Crippen molar-refractivity contribution in [2.75, 3.05) is 4.90 Å². The highest BCUT2D eigenvalue weighted by Gasteiger charge is 2.48. The van der Waals surface area contributed by atoms with E-state index in [0.29, 0.717) is 0 Å². The highest BCUT2D eigenvalue weighted by Crippen LogP contribution is 2.60. The quantitative estimate of drug-likeness (QED) is 0.163. The fourth-order valence-corrected chi connectivity index (χ4v) is 9.25. The van der Waals surface area contributed by atoms with E-state index in [1.54, 1.807) is 0 Å². The van der Waals surface area contributed by atoms with E-state index in [0.717, 1.165) is 44.6 Å².